The molecule has 1 fully saturated rings. The molecule has 168 valence electrons. The molecule has 2 amide bonds. The van der Waals surface area contributed by atoms with Gasteiger partial charge in [-0.15, -0.1) is 0 Å². The van der Waals surface area contributed by atoms with Gasteiger partial charge in [0.2, 0.25) is 0 Å². The molecule has 3 aromatic rings. The largest absolute Gasteiger partial charge is 0.492 e. The van der Waals surface area contributed by atoms with Gasteiger partial charge in [-0.2, -0.15) is 0 Å². The second-order valence-electron chi connectivity index (χ2n) is 7.09. The van der Waals surface area contributed by atoms with E-state index in [0.717, 1.165) is 27.4 Å². The van der Waals surface area contributed by atoms with Crippen molar-refractivity contribution >= 4 is 56.5 Å². The van der Waals surface area contributed by atoms with Gasteiger partial charge >= 0.3 is 0 Å². The van der Waals surface area contributed by atoms with Gasteiger partial charge in [0.05, 0.1) is 11.4 Å². The Bertz CT molecular complexity index is 1180. The van der Waals surface area contributed by atoms with Gasteiger partial charge in [-0.3, -0.25) is 14.5 Å². The summed E-state index contributed by atoms with van der Waals surface area (Å²) in [6.45, 7) is 0.744. The average molecular weight is 545 g/mol. The van der Waals surface area contributed by atoms with Crippen LogP contribution < -0.4 is 9.47 Å². The van der Waals surface area contributed by atoms with E-state index in [1.54, 1.807) is 30.3 Å². The number of carbonyl (C=O) groups excluding carboxylic acids is 2. The molecule has 0 radical (unpaired) electrons. The zero-order valence-electron chi connectivity index (χ0n) is 17.4. The van der Waals surface area contributed by atoms with Gasteiger partial charge in [0.15, 0.2) is 0 Å². The number of rotatable bonds is 8. The van der Waals surface area contributed by atoms with Gasteiger partial charge in [0.25, 0.3) is 11.1 Å². The van der Waals surface area contributed by atoms with E-state index in [-0.39, 0.29) is 24.3 Å². The maximum atomic E-state index is 12.8. The van der Waals surface area contributed by atoms with Gasteiger partial charge in [-0.1, -0.05) is 57.9 Å². The first kappa shape index (κ1) is 23.4. The number of hydrogen-bond acceptors (Lipinski definition) is 5. The molecule has 0 saturated carbocycles. The number of halogens is 2. The summed E-state index contributed by atoms with van der Waals surface area (Å²) in [5.74, 6) is 0.921. The lowest BCUT2D eigenvalue weighted by atomic mass is 10.1. The molecule has 4 rings (SSSR count). The van der Waals surface area contributed by atoms with Crippen LogP contribution in [-0.2, 0) is 11.4 Å². The highest BCUT2D eigenvalue weighted by molar-refractivity contribution is 9.10. The molecule has 1 saturated heterocycles. The molecule has 8 heteroatoms. The Morgan fingerprint density at radius 1 is 0.939 bits per heavy atom. The maximum Gasteiger partial charge on any atom is 0.293 e. The first-order chi connectivity index (χ1) is 16.0. The van der Waals surface area contributed by atoms with Crippen LogP contribution in [-0.4, -0.2) is 29.2 Å². The second kappa shape index (κ2) is 10.9. The van der Waals surface area contributed by atoms with Crippen LogP contribution in [0.1, 0.15) is 11.1 Å². The normalized spacial score (nSPS) is 14.7. The van der Waals surface area contributed by atoms with Gasteiger partial charge in [0, 0.05) is 15.1 Å². The molecule has 0 unspecified atom stereocenters. The average Bonchev–Trinajstić information content (AvgIpc) is 3.08. The first-order valence-electron chi connectivity index (χ1n) is 10.1. The molecule has 5 nitrogen and oxygen atoms in total. The minimum Gasteiger partial charge on any atom is -0.492 e. The maximum absolute atomic E-state index is 12.8. The Kier molecular flexibility index (Phi) is 7.75. The lowest BCUT2D eigenvalue weighted by Gasteiger charge is -2.13. The predicted molar refractivity (Wildman–Crippen MR) is 135 cm³/mol. The molecule has 1 heterocycles. The lowest BCUT2D eigenvalue weighted by molar-refractivity contribution is -0.123. The zero-order chi connectivity index (χ0) is 23.2. The number of amides is 2. The van der Waals surface area contributed by atoms with Crippen LogP contribution in [0, 0.1) is 0 Å². The smallest absolute Gasteiger partial charge is 0.293 e. The minimum absolute atomic E-state index is 0.159. The van der Waals surface area contributed by atoms with Crippen LogP contribution in [0.4, 0.5) is 4.79 Å². The third-order valence-corrected chi connectivity index (χ3v) is 6.47. The van der Waals surface area contributed by atoms with Gasteiger partial charge < -0.3 is 9.47 Å². The number of nitrogens with zero attached hydrogens (tertiary/aromatic N) is 1. The Balaban J connectivity index is 1.40. The van der Waals surface area contributed by atoms with Gasteiger partial charge in [0.1, 0.15) is 24.7 Å². The first-order valence-corrected chi connectivity index (χ1v) is 12.1. The number of thioether (sulfide) groups is 1. The van der Waals surface area contributed by atoms with Crippen molar-refractivity contribution in [1.29, 1.82) is 0 Å². The predicted octanol–water partition coefficient (Wildman–Crippen LogP) is 6.80. The molecular formula is C25H19BrClNO4S. The highest BCUT2D eigenvalue weighted by Crippen LogP contribution is 2.34. The minimum atomic E-state index is -0.340. The molecular weight excluding hydrogens is 526 g/mol. The van der Waals surface area contributed by atoms with E-state index in [1.807, 2.05) is 48.5 Å². The molecule has 1 aliphatic heterocycles. The van der Waals surface area contributed by atoms with Crippen LogP contribution in [0.25, 0.3) is 6.08 Å². The Labute approximate surface area is 209 Å². The van der Waals surface area contributed by atoms with E-state index >= 15 is 0 Å². The third-order valence-electron chi connectivity index (χ3n) is 4.78. The van der Waals surface area contributed by atoms with Crippen molar-refractivity contribution in [3.8, 4) is 11.5 Å². The zero-order valence-corrected chi connectivity index (χ0v) is 20.5. The quantitative estimate of drug-likeness (QED) is 0.292. The molecule has 0 aromatic heterocycles. The second-order valence-corrected chi connectivity index (χ2v) is 9.43. The number of carbonyl (C=O) groups is 2. The Morgan fingerprint density at radius 3 is 2.42 bits per heavy atom. The number of ether oxygens (including phenoxy) is 2. The number of imide groups is 1. The molecule has 1 aliphatic rings. The molecule has 33 heavy (non-hydrogen) atoms. The molecule has 0 bridgehead atoms. The molecule has 0 aliphatic carbocycles. The summed E-state index contributed by atoms with van der Waals surface area (Å²) < 4.78 is 12.6. The van der Waals surface area contributed by atoms with E-state index in [0.29, 0.717) is 28.0 Å². The van der Waals surface area contributed by atoms with Gasteiger partial charge in [-0.25, -0.2) is 0 Å². The topological polar surface area (TPSA) is 55.8 Å². The molecule has 0 N–H and O–H groups in total. The SMILES string of the molecule is O=C1S/C(=C\c2ccccc2OCc2ccc(Br)cc2)C(=O)N1CCOc1ccc(Cl)cc1. The molecule has 0 spiro atoms. The van der Waals surface area contributed by atoms with Crippen LogP contribution in [0.2, 0.25) is 5.02 Å². The summed E-state index contributed by atoms with van der Waals surface area (Å²) in [5, 5.41) is 0.291. The van der Waals surface area contributed by atoms with Crippen molar-refractivity contribution in [3.63, 3.8) is 0 Å². The fourth-order valence-electron chi connectivity index (χ4n) is 3.09. The van der Waals surface area contributed by atoms with E-state index in [2.05, 4.69) is 15.9 Å². The van der Waals surface area contributed by atoms with Crippen LogP contribution in [0.5, 0.6) is 11.5 Å². The number of hydrogen-bond donors (Lipinski definition) is 0. The van der Waals surface area contributed by atoms with Crippen molar-refractivity contribution in [1.82, 2.24) is 4.90 Å². The van der Waals surface area contributed by atoms with Crippen molar-refractivity contribution in [2.45, 2.75) is 6.61 Å². The van der Waals surface area contributed by atoms with Crippen LogP contribution in [0.15, 0.2) is 82.2 Å². The molecule has 3 aromatic carbocycles. The highest BCUT2D eigenvalue weighted by Gasteiger charge is 2.35. The van der Waals surface area contributed by atoms with Gasteiger partial charge in [-0.05, 0) is 65.9 Å². The fraction of sp³-hybridized carbons (Fsp3) is 0.120. The van der Waals surface area contributed by atoms with Crippen molar-refractivity contribution in [2.75, 3.05) is 13.2 Å². The number of benzene rings is 3. The fourth-order valence-corrected chi connectivity index (χ4v) is 4.34. The van der Waals surface area contributed by atoms with Crippen LogP contribution >= 0.6 is 39.3 Å². The van der Waals surface area contributed by atoms with E-state index in [9.17, 15) is 9.59 Å². The summed E-state index contributed by atoms with van der Waals surface area (Å²) in [4.78, 5) is 26.8. The van der Waals surface area contributed by atoms with Crippen molar-refractivity contribution in [2.24, 2.45) is 0 Å². The Morgan fingerprint density at radius 2 is 1.67 bits per heavy atom. The summed E-state index contributed by atoms with van der Waals surface area (Å²) in [6.07, 6.45) is 1.70. The van der Waals surface area contributed by atoms with E-state index in [1.165, 1.54) is 4.90 Å². The summed E-state index contributed by atoms with van der Waals surface area (Å²) >= 11 is 10.2. The van der Waals surface area contributed by atoms with Crippen molar-refractivity contribution < 1.29 is 19.1 Å². The number of para-hydroxylation sites is 1. The summed E-state index contributed by atoms with van der Waals surface area (Å²) in [5.41, 5.74) is 1.76. The summed E-state index contributed by atoms with van der Waals surface area (Å²) in [7, 11) is 0. The highest BCUT2D eigenvalue weighted by atomic mass is 79.9. The summed E-state index contributed by atoms with van der Waals surface area (Å²) in [6, 6.07) is 22.2. The third kappa shape index (κ3) is 6.19. The van der Waals surface area contributed by atoms with Crippen LogP contribution in [0.3, 0.4) is 0 Å². The van der Waals surface area contributed by atoms with E-state index < -0.39 is 0 Å². The van der Waals surface area contributed by atoms with E-state index in [4.69, 9.17) is 21.1 Å². The monoisotopic (exact) mass is 543 g/mol. The van der Waals surface area contributed by atoms with Crippen molar-refractivity contribution in [3.05, 3.63) is 98.3 Å². The standard InChI is InChI=1S/C25H19BrClNO4S/c26-19-7-5-17(6-8-19)16-32-22-4-2-1-3-18(22)15-23-24(29)28(25(30)33-23)13-14-31-21-11-9-20(27)10-12-21/h1-12,15H,13-14,16H2/b23-15-. The Hall–Kier alpha value is -2.74. The molecule has 0 atom stereocenters. The lowest BCUT2D eigenvalue weighted by Crippen LogP contribution is -2.32.